The van der Waals surface area contributed by atoms with Crippen LogP contribution in [0.5, 0.6) is 0 Å². The van der Waals surface area contributed by atoms with Crippen LogP contribution in [0.4, 0.5) is 0 Å². The molecule has 2 rings (SSSR count). The maximum atomic E-state index is 10.9. The number of carboxylic acids is 1. The van der Waals surface area contributed by atoms with Crippen LogP contribution in [0.3, 0.4) is 0 Å². The van der Waals surface area contributed by atoms with Gasteiger partial charge in [-0.3, -0.25) is 10.1 Å². The predicted octanol–water partition coefficient (Wildman–Crippen LogP) is 0.245. The molecule has 0 amide bonds. The molecule has 1 aliphatic carbocycles. The van der Waals surface area contributed by atoms with Crippen LogP contribution < -0.4 is 5.32 Å². The lowest BCUT2D eigenvalue weighted by Gasteiger charge is -2.15. The van der Waals surface area contributed by atoms with E-state index in [0.717, 1.165) is 32.5 Å². The number of carboxylic acid groups (broad SMARTS) is 1. The minimum atomic E-state index is -0.824. The summed E-state index contributed by atoms with van der Waals surface area (Å²) >= 11 is 0. The van der Waals surface area contributed by atoms with Crippen molar-refractivity contribution in [2.24, 2.45) is 5.92 Å². The van der Waals surface area contributed by atoms with Crippen molar-refractivity contribution in [1.82, 2.24) is 5.32 Å². The Morgan fingerprint density at radius 3 is 2.88 bits per heavy atom. The van der Waals surface area contributed by atoms with E-state index in [1.165, 1.54) is 0 Å². The van der Waals surface area contributed by atoms with Crippen molar-refractivity contribution in [1.29, 1.82) is 0 Å². The maximum Gasteiger partial charge on any atom is 0.323 e. The van der Waals surface area contributed by atoms with Crippen LogP contribution in [0, 0.1) is 5.92 Å². The number of hydrogen-bond donors (Lipinski definition) is 2. The topological polar surface area (TPSA) is 67.8 Å². The van der Waals surface area contributed by atoms with Crippen molar-refractivity contribution in [3.63, 3.8) is 0 Å². The van der Waals surface area contributed by atoms with Gasteiger partial charge in [-0.05, 0) is 19.3 Å². The smallest absolute Gasteiger partial charge is 0.323 e. The molecule has 0 aromatic carbocycles. The Kier molecular flexibility index (Phi) is 4.15. The van der Waals surface area contributed by atoms with E-state index in [1.54, 1.807) is 0 Å². The second-order valence-electron chi connectivity index (χ2n) is 4.60. The molecular formula is C11H19NO4. The van der Waals surface area contributed by atoms with Crippen LogP contribution in [0.2, 0.25) is 0 Å². The van der Waals surface area contributed by atoms with Gasteiger partial charge in [0.05, 0.1) is 19.8 Å². The summed E-state index contributed by atoms with van der Waals surface area (Å²) in [6, 6.07) is -0.172. The normalized spacial score (nSPS) is 26.9. The van der Waals surface area contributed by atoms with E-state index in [9.17, 15) is 4.79 Å². The van der Waals surface area contributed by atoms with Crippen molar-refractivity contribution in [3.8, 4) is 0 Å². The van der Waals surface area contributed by atoms with Crippen molar-refractivity contribution < 1.29 is 19.4 Å². The first-order chi connectivity index (χ1) is 7.75. The van der Waals surface area contributed by atoms with Gasteiger partial charge in [0.15, 0.2) is 0 Å². The summed E-state index contributed by atoms with van der Waals surface area (Å²) in [6.07, 6.45) is 3.19. The monoisotopic (exact) mass is 229 g/mol. The number of aliphatic carboxylic acids is 1. The summed E-state index contributed by atoms with van der Waals surface area (Å²) in [5.74, 6) is -0.384. The third-order valence-electron chi connectivity index (χ3n) is 2.97. The van der Waals surface area contributed by atoms with E-state index in [4.69, 9.17) is 14.6 Å². The van der Waals surface area contributed by atoms with Gasteiger partial charge in [-0.2, -0.15) is 0 Å². The fraction of sp³-hybridized carbons (Fsp3) is 0.909. The third-order valence-corrected chi connectivity index (χ3v) is 2.97. The quantitative estimate of drug-likeness (QED) is 0.654. The fourth-order valence-electron chi connectivity index (χ4n) is 1.79. The Bertz CT molecular complexity index is 236. The summed E-state index contributed by atoms with van der Waals surface area (Å²) in [6.45, 7) is 2.41. The molecule has 5 nitrogen and oxygen atoms in total. The summed E-state index contributed by atoms with van der Waals surface area (Å²) in [5.41, 5.74) is 0. The van der Waals surface area contributed by atoms with Crippen molar-refractivity contribution >= 4 is 5.97 Å². The standard InChI is InChI=1S/C11H19NO4/c13-11(14)10(12-9-1-2-9)7-16-6-8-3-4-15-5-8/h8-10,12H,1-7H2,(H,13,14). The molecule has 2 N–H and O–H groups in total. The molecule has 2 atom stereocenters. The molecule has 0 bridgehead atoms. The van der Waals surface area contributed by atoms with Gasteiger partial charge in [0.1, 0.15) is 6.04 Å². The molecule has 1 heterocycles. The molecule has 2 fully saturated rings. The highest BCUT2D eigenvalue weighted by Gasteiger charge is 2.28. The molecule has 2 aliphatic rings. The fourth-order valence-corrected chi connectivity index (χ4v) is 1.79. The van der Waals surface area contributed by atoms with Gasteiger partial charge in [-0.25, -0.2) is 0 Å². The molecule has 5 heteroatoms. The molecule has 1 saturated carbocycles. The van der Waals surface area contributed by atoms with Crippen LogP contribution in [0.15, 0.2) is 0 Å². The Hall–Kier alpha value is -0.650. The third kappa shape index (κ3) is 3.73. The van der Waals surface area contributed by atoms with Crippen molar-refractivity contribution in [2.75, 3.05) is 26.4 Å². The molecule has 1 saturated heterocycles. The van der Waals surface area contributed by atoms with Crippen LogP contribution >= 0.6 is 0 Å². The molecular weight excluding hydrogens is 210 g/mol. The summed E-state index contributed by atoms with van der Waals surface area (Å²) in [4.78, 5) is 10.9. The number of carbonyl (C=O) groups is 1. The van der Waals surface area contributed by atoms with Crippen LogP contribution in [0.25, 0.3) is 0 Å². The lowest BCUT2D eigenvalue weighted by atomic mass is 10.1. The molecule has 0 aromatic heterocycles. The predicted molar refractivity (Wildman–Crippen MR) is 57.3 cm³/mol. The molecule has 0 radical (unpaired) electrons. The molecule has 16 heavy (non-hydrogen) atoms. The van der Waals surface area contributed by atoms with Gasteiger partial charge in [-0.1, -0.05) is 0 Å². The Balaban J connectivity index is 1.62. The number of nitrogens with one attached hydrogen (secondary N) is 1. The highest BCUT2D eigenvalue weighted by atomic mass is 16.5. The Morgan fingerprint density at radius 1 is 1.50 bits per heavy atom. The average molecular weight is 229 g/mol. The molecule has 0 spiro atoms. The lowest BCUT2D eigenvalue weighted by Crippen LogP contribution is -2.42. The van der Waals surface area contributed by atoms with Crippen LogP contribution in [-0.4, -0.2) is 49.6 Å². The van der Waals surface area contributed by atoms with E-state index in [1.807, 2.05) is 0 Å². The minimum Gasteiger partial charge on any atom is -0.480 e. The van der Waals surface area contributed by atoms with E-state index in [-0.39, 0.29) is 6.61 Å². The largest absolute Gasteiger partial charge is 0.480 e. The first-order valence-electron chi connectivity index (χ1n) is 5.90. The maximum absolute atomic E-state index is 10.9. The molecule has 2 unspecified atom stereocenters. The SMILES string of the molecule is O=C(O)C(COCC1CCOC1)NC1CC1. The highest BCUT2D eigenvalue weighted by Crippen LogP contribution is 2.19. The second kappa shape index (κ2) is 5.61. The van der Waals surface area contributed by atoms with Gasteiger partial charge in [-0.15, -0.1) is 0 Å². The van der Waals surface area contributed by atoms with Gasteiger partial charge in [0.25, 0.3) is 0 Å². The zero-order chi connectivity index (χ0) is 11.4. The van der Waals surface area contributed by atoms with Crippen LogP contribution in [0.1, 0.15) is 19.3 Å². The summed E-state index contributed by atoms with van der Waals surface area (Å²) in [7, 11) is 0. The number of hydrogen-bond acceptors (Lipinski definition) is 4. The van der Waals surface area contributed by atoms with E-state index < -0.39 is 12.0 Å². The van der Waals surface area contributed by atoms with Crippen molar-refractivity contribution in [3.05, 3.63) is 0 Å². The lowest BCUT2D eigenvalue weighted by molar-refractivity contribution is -0.141. The first kappa shape index (κ1) is 11.8. The van der Waals surface area contributed by atoms with E-state index >= 15 is 0 Å². The van der Waals surface area contributed by atoms with E-state index in [2.05, 4.69) is 5.32 Å². The Morgan fingerprint density at radius 2 is 2.31 bits per heavy atom. The average Bonchev–Trinajstić information content (AvgIpc) is 2.91. The van der Waals surface area contributed by atoms with Crippen LogP contribution in [-0.2, 0) is 14.3 Å². The molecule has 0 aromatic rings. The second-order valence-corrected chi connectivity index (χ2v) is 4.60. The highest BCUT2D eigenvalue weighted by molar-refractivity contribution is 5.73. The zero-order valence-corrected chi connectivity index (χ0v) is 9.35. The first-order valence-corrected chi connectivity index (χ1v) is 5.90. The van der Waals surface area contributed by atoms with Gasteiger partial charge < -0.3 is 14.6 Å². The minimum absolute atomic E-state index is 0.252. The van der Waals surface area contributed by atoms with Crippen molar-refractivity contribution in [2.45, 2.75) is 31.3 Å². The van der Waals surface area contributed by atoms with Gasteiger partial charge >= 0.3 is 5.97 Å². The summed E-state index contributed by atoms with van der Waals surface area (Å²) < 4.78 is 10.7. The Labute approximate surface area is 95.1 Å². The van der Waals surface area contributed by atoms with Gasteiger partial charge in [0, 0.05) is 18.6 Å². The number of rotatable bonds is 7. The molecule has 1 aliphatic heterocycles. The summed E-state index contributed by atoms with van der Waals surface area (Å²) in [5, 5.41) is 12.0. The molecule has 92 valence electrons. The van der Waals surface area contributed by atoms with E-state index in [0.29, 0.717) is 18.6 Å². The zero-order valence-electron chi connectivity index (χ0n) is 9.35. The number of ether oxygens (including phenoxy) is 2. The van der Waals surface area contributed by atoms with Gasteiger partial charge in [0.2, 0.25) is 0 Å².